The van der Waals surface area contributed by atoms with Crippen molar-refractivity contribution in [1.29, 1.82) is 0 Å². The predicted octanol–water partition coefficient (Wildman–Crippen LogP) is 2.40. The van der Waals surface area contributed by atoms with Crippen LogP contribution in [0.15, 0.2) is 48.8 Å². The summed E-state index contributed by atoms with van der Waals surface area (Å²) in [7, 11) is 3.42. The number of aromatic nitrogens is 1. The van der Waals surface area contributed by atoms with E-state index >= 15 is 0 Å². The zero-order chi connectivity index (χ0) is 18.0. The minimum Gasteiger partial charge on any atom is -0.341 e. The fraction of sp³-hybridized carbons (Fsp3) is 0.316. The molecule has 5 nitrogen and oxygen atoms in total. The lowest BCUT2D eigenvalue weighted by Gasteiger charge is -2.28. The van der Waals surface area contributed by atoms with Crippen molar-refractivity contribution in [2.45, 2.75) is 19.0 Å². The van der Waals surface area contributed by atoms with E-state index in [1.807, 2.05) is 12.1 Å². The van der Waals surface area contributed by atoms with E-state index in [2.05, 4.69) is 4.98 Å². The van der Waals surface area contributed by atoms with E-state index in [1.54, 1.807) is 48.4 Å². The van der Waals surface area contributed by atoms with Crippen molar-refractivity contribution in [1.82, 2.24) is 14.8 Å². The number of halogens is 1. The van der Waals surface area contributed by atoms with Crippen LogP contribution >= 0.6 is 0 Å². The van der Waals surface area contributed by atoms with E-state index in [1.165, 1.54) is 12.1 Å². The molecule has 1 aliphatic rings. The molecule has 1 aromatic heterocycles. The van der Waals surface area contributed by atoms with Crippen LogP contribution in [0.2, 0.25) is 0 Å². The molecule has 130 valence electrons. The van der Waals surface area contributed by atoms with Crippen LogP contribution in [0.1, 0.15) is 23.6 Å². The normalized spacial score (nSPS) is 20.0. The van der Waals surface area contributed by atoms with Gasteiger partial charge in [-0.25, -0.2) is 4.39 Å². The summed E-state index contributed by atoms with van der Waals surface area (Å²) in [5, 5.41) is 0. The maximum atomic E-state index is 13.2. The summed E-state index contributed by atoms with van der Waals surface area (Å²) in [4.78, 5) is 32.3. The molecule has 0 aliphatic carbocycles. The molecule has 3 rings (SSSR count). The van der Waals surface area contributed by atoms with Crippen LogP contribution in [0, 0.1) is 11.7 Å². The number of benzene rings is 1. The standard InChI is InChI=1S/C19H20FN3O2/c1-22(12-13-7-9-21-10-8-13)19(25)16-11-17(24)23(2)18(16)14-3-5-15(20)6-4-14/h3-10,16,18H,11-12H2,1-2H3/t16-,18+/m1/s1. The first kappa shape index (κ1) is 17.1. The first-order valence-corrected chi connectivity index (χ1v) is 8.12. The number of likely N-dealkylation sites (tertiary alicyclic amines) is 1. The molecule has 1 aliphatic heterocycles. The van der Waals surface area contributed by atoms with E-state index < -0.39 is 5.92 Å². The van der Waals surface area contributed by atoms with Gasteiger partial charge in [-0.3, -0.25) is 14.6 Å². The zero-order valence-corrected chi connectivity index (χ0v) is 14.2. The van der Waals surface area contributed by atoms with Gasteiger partial charge in [0.15, 0.2) is 0 Å². The van der Waals surface area contributed by atoms with Gasteiger partial charge in [0, 0.05) is 39.5 Å². The first-order valence-electron chi connectivity index (χ1n) is 8.12. The number of pyridine rings is 1. The fourth-order valence-corrected chi connectivity index (χ4v) is 3.33. The van der Waals surface area contributed by atoms with Crippen LogP contribution < -0.4 is 0 Å². The molecule has 0 unspecified atom stereocenters. The molecule has 6 heteroatoms. The smallest absolute Gasteiger partial charge is 0.228 e. The second kappa shape index (κ2) is 7.01. The Hall–Kier alpha value is -2.76. The third-order valence-electron chi connectivity index (χ3n) is 4.66. The molecule has 0 N–H and O–H groups in total. The highest BCUT2D eigenvalue weighted by molar-refractivity contribution is 5.90. The van der Waals surface area contributed by atoms with Gasteiger partial charge >= 0.3 is 0 Å². The predicted molar refractivity (Wildman–Crippen MR) is 90.7 cm³/mol. The molecule has 0 saturated carbocycles. The number of rotatable bonds is 4. The van der Waals surface area contributed by atoms with Crippen molar-refractivity contribution in [2.24, 2.45) is 5.92 Å². The maximum absolute atomic E-state index is 13.2. The Balaban J connectivity index is 1.81. The van der Waals surface area contributed by atoms with Gasteiger partial charge in [0.25, 0.3) is 0 Å². The number of hydrogen-bond donors (Lipinski definition) is 0. The Morgan fingerprint density at radius 1 is 1.24 bits per heavy atom. The number of hydrogen-bond acceptors (Lipinski definition) is 3. The van der Waals surface area contributed by atoms with Crippen molar-refractivity contribution < 1.29 is 14.0 Å². The molecule has 2 amide bonds. The van der Waals surface area contributed by atoms with Crippen LogP contribution in [-0.4, -0.2) is 40.7 Å². The highest BCUT2D eigenvalue weighted by Crippen LogP contribution is 2.38. The molecule has 0 radical (unpaired) electrons. The number of carbonyl (C=O) groups excluding carboxylic acids is 2. The third kappa shape index (κ3) is 3.52. The summed E-state index contributed by atoms with van der Waals surface area (Å²) < 4.78 is 13.2. The Kier molecular flexibility index (Phi) is 4.79. The summed E-state index contributed by atoms with van der Waals surface area (Å²) in [5.74, 6) is -0.989. The first-order chi connectivity index (χ1) is 12.0. The average molecular weight is 341 g/mol. The average Bonchev–Trinajstić information content (AvgIpc) is 2.91. The molecule has 0 spiro atoms. The van der Waals surface area contributed by atoms with Gasteiger partial charge in [-0.15, -0.1) is 0 Å². The SMILES string of the molecule is CN(Cc1ccncc1)C(=O)[C@@H]1CC(=O)N(C)[C@H]1c1ccc(F)cc1. The summed E-state index contributed by atoms with van der Waals surface area (Å²) in [6.45, 7) is 0.450. The Bertz CT molecular complexity index is 764. The summed E-state index contributed by atoms with van der Waals surface area (Å²) in [6, 6.07) is 9.32. The summed E-state index contributed by atoms with van der Waals surface area (Å²) in [6.07, 6.45) is 3.53. The van der Waals surface area contributed by atoms with Crippen LogP contribution in [0.4, 0.5) is 4.39 Å². The second-order valence-corrected chi connectivity index (χ2v) is 6.36. The summed E-state index contributed by atoms with van der Waals surface area (Å²) >= 11 is 0. The van der Waals surface area contributed by atoms with Crippen LogP contribution in [0.3, 0.4) is 0 Å². The van der Waals surface area contributed by atoms with Crippen molar-refractivity contribution in [2.75, 3.05) is 14.1 Å². The lowest BCUT2D eigenvalue weighted by molar-refractivity contribution is -0.135. The minimum absolute atomic E-state index is 0.0787. The summed E-state index contributed by atoms with van der Waals surface area (Å²) in [5.41, 5.74) is 1.74. The molecule has 2 aromatic rings. The molecule has 2 atom stereocenters. The monoisotopic (exact) mass is 341 g/mol. The molecule has 1 fully saturated rings. The van der Waals surface area contributed by atoms with Crippen molar-refractivity contribution >= 4 is 11.8 Å². The molecule has 25 heavy (non-hydrogen) atoms. The van der Waals surface area contributed by atoms with Gasteiger partial charge in [-0.1, -0.05) is 12.1 Å². The number of amides is 2. The lowest BCUT2D eigenvalue weighted by atomic mass is 9.92. The Morgan fingerprint density at radius 2 is 1.88 bits per heavy atom. The maximum Gasteiger partial charge on any atom is 0.228 e. The highest BCUT2D eigenvalue weighted by Gasteiger charge is 2.43. The van der Waals surface area contributed by atoms with Gasteiger partial charge in [0.05, 0.1) is 12.0 Å². The molecule has 1 saturated heterocycles. The largest absolute Gasteiger partial charge is 0.341 e. The quantitative estimate of drug-likeness (QED) is 0.858. The van der Waals surface area contributed by atoms with Crippen LogP contribution in [0.25, 0.3) is 0 Å². The van der Waals surface area contributed by atoms with E-state index in [4.69, 9.17) is 0 Å². The van der Waals surface area contributed by atoms with E-state index in [-0.39, 0.29) is 30.1 Å². The Morgan fingerprint density at radius 3 is 2.52 bits per heavy atom. The van der Waals surface area contributed by atoms with E-state index in [0.717, 1.165) is 11.1 Å². The van der Waals surface area contributed by atoms with Crippen LogP contribution in [0.5, 0.6) is 0 Å². The fourth-order valence-electron chi connectivity index (χ4n) is 3.33. The van der Waals surface area contributed by atoms with Gasteiger partial charge in [0.2, 0.25) is 11.8 Å². The molecule has 0 bridgehead atoms. The van der Waals surface area contributed by atoms with Gasteiger partial charge in [-0.05, 0) is 35.4 Å². The molecule has 1 aromatic carbocycles. The van der Waals surface area contributed by atoms with E-state index in [0.29, 0.717) is 6.54 Å². The number of carbonyl (C=O) groups is 2. The molecule has 2 heterocycles. The van der Waals surface area contributed by atoms with Crippen molar-refractivity contribution in [3.05, 3.63) is 65.7 Å². The minimum atomic E-state index is -0.477. The van der Waals surface area contributed by atoms with Gasteiger partial charge in [0.1, 0.15) is 5.82 Å². The van der Waals surface area contributed by atoms with E-state index in [9.17, 15) is 14.0 Å². The highest BCUT2D eigenvalue weighted by atomic mass is 19.1. The lowest BCUT2D eigenvalue weighted by Crippen LogP contribution is -2.35. The third-order valence-corrected chi connectivity index (χ3v) is 4.66. The second-order valence-electron chi connectivity index (χ2n) is 6.36. The molecular formula is C19H20FN3O2. The zero-order valence-electron chi connectivity index (χ0n) is 14.2. The van der Waals surface area contributed by atoms with Crippen molar-refractivity contribution in [3.63, 3.8) is 0 Å². The number of nitrogens with zero attached hydrogens (tertiary/aromatic N) is 3. The Labute approximate surface area is 146 Å². The topological polar surface area (TPSA) is 53.5 Å². The van der Waals surface area contributed by atoms with Gasteiger partial charge < -0.3 is 9.80 Å². The van der Waals surface area contributed by atoms with Crippen LogP contribution in [-0.2, 0) is 16.1 Å². The molecular weight excluding hydrogens is 321 g/mol. The van der Waals surface area contributed by atoms with Gasteiger partial charge in [-0.2, -0.15) is 0 Å². The van der Waals surface area contributed by atoms with Crippen molar-refractivity contribution in [3.8, 4) is 0 Å².